The van der Waals surface area contributed by atoms with Gasteiger partial charge in [-0.15, -0.1) is 0 Å². The Morgan fingerprint density at radius 2 is 1.71 bits per heavy atom. The molecule has 7 heteroatoms. The molecule has 1 aliphatic heterocycles. The molecule has 1 saturated heterocycles. The summed E-state index contributed by atoms with van der Waals surface area (Å²) >= 11 is 1.66. The minimum absolute atomic E-state index is 0.0683. The van der Waals surface area contributed by atoms with Crippen molar-refractivity contribution in [3.8, 4) is 0 Å². The van der Waals surface area contributed by atoms with Crippen LogP contribution in [-0.4, -0.2) is 67.1 Å². The molecule has 6 nitrogen and oxygen atoms in total. The topological polar surface area (TPSA) is 84.7 Å². The van der Waals surface area contributed by atoms with Crippen LogP contribution >= 0.6 is 11.8 Å². The molecule has 1 fully saturated rings. The molecule has 1 heterocycles. The second-order valence-corrected chi connectivity index (χ2v) is 10.3. The quantitative estimate of drug-likeness (QED) is 0.239. The van der Waals surface area contributed by atoms with Crippen molar-refractivity contribution in [1.29, 1.82) is 0 Å². The number of nitrogens with zero attached hydrogens (tertiary/aromatic N) is 1. The Morgan fingerprint density at radius 3 is 2.45 bits per heavy atom. The molecule has 3 N–H and O–H groups in total. The van der Waals surface area contributed by atoms with E-state index >= 15 is 0 Å². The molecule has 1 rings (SSSR count). The van der Waals surface area contributed by atoms with Gasteiger partial charge < -0.3 is 20.7 Å². The summed E-state index contributed by atoms with van der Waals surface area (Å²) in [7, 11) is 0. The molecule has 0 bridgehead atoms. The third-order valence-electron chi connectivity index (χ3n) is 5.73. The fraction of sp³-hybridized carbons (Fsp3) is 0.917. The normalized spacial score (nSPS) is 15.7. The summed E-state index contributed by atoms with van der Waals surface area (Å²) in [6, 6.07) is -0.471. The van der Waals surface area contributed by atoms with E-state index in [0.29, 0.717) is 26.0 Å². The van der Waals surface area contributed by atoms with Crippen LogP contribution in [0.1, 0.15) is 84.5 Å². The van der Waals surface area contributed by atoms with Crippen molar-refractivity contribution in [2.45, 2.75) is 90.5 Å². The highest BCUT2D eigenvalue weighted by Gasteiger charge is 2.14. The van der Waals surface area contributed by atoms with Crippen molar-refractivity contribution < 1.29 is 14.3 Å². The molecule has 0 radical (unpaired) electrons. The minimum Gasteiger partial charge on any atom is -0.466 e. The number of likely N-dealkylation sites (tertiary alicyclic amines) is 1. The van der Waals surface area contributed by atoms with Crippen molar-refractivity contribution in [3.05, 3.63) is 0 Å². The van der Waals surface area contributed by atoms with Crippen molar-refractivity contribution in [3.63, 3.8) is 0 Å². The van der Waals surface area contributed by atoms with Crippen LogP contribution in [0.15, 0.2) is 0 Å². The van der Waals surface area contributed by atoms with Crippen molar-refractivity contribution in [2.24, 2.45) is 11.7 Å². The highest BCUT2D eigenvalue weighted by molar-refractivity contribution is 7.99. The number of hydrogen-bond acceptors (Lipinski definition) is 6. The van der Waals surface area contributed by atoms with Gasteiger partial charge in [0.1, 0.15) is 0 Å². The number of nitrogens with two attached hydrogens (primary N) is 1. The molecular formula is C24H47N3O3S. The van der Waals surface area contributed by atoms with Gasteiger partial charge in [-0.25, -0.2) is 0 Å². The zero-order valence-corrected chi connectivity index (χ0v) is 20.9. The van der Waals surface area contributed by atoms with Gasteiger partial charge in [-0.1, -0.05) is 52.4 Å². The minimum atomic E-state index is -0.471. The van der Waals surface area contributed by atoms with Crippen LogP contribution in [0.5, 0.6) is 0 Å². The van der Waals surface area contributed by atoms with E-state index in [4.69, 9.17) is 10.5 Å². The van der Waals surface area contributed by atoms with Crippen LogP contribution in [0.2, 0.25) is 0 Å². The lowest BCUT2D eigenvalue weighted by Gasteiger charge is -2.26. The first kappa shape index (κ1) is 28.2. The third-order valence-corrected chi connectivity index (χ3v) is 6.74. The number of esters is 1. The fourth-order valence-corrected chi connectivity index (χ4v) is 4.63. The number of rotatable bonds is 18. The van der Waals surface area contributed by atoms with Crippen LogP contribution in [0, 0.1) is 5.92 Å². The molecule has 0 aliphatic carbocycles. The first-order valence-corrected chi connectivity index (χ1v) is 13.6. The summed E-state index contributed by atoms with van der Waals surface area (Å²) in [6.45, 7) is 8.92. The Balaban J connectivity index is 1.89. The molecule has 31 heavy (non-hydrogen) atoms. The molecule has 0 aromatic carbocycles. The van der Waals surface area contributed by atoms with E-state index in [-0.39, 0.29) is 11.9 Å². The smallest absolute Gasteiger partial charge is 0.306 e. The number of nitrogens with one attached hydrogen (secondary N) is 1. The Bertz CT molecular complexity index is 471. The van der Waals surface area contributed by atoms with E-state index < -0.39 is 6.04 Å². The zero-order chi connectivity index (χ0) is 22.7. The summed E-state index contributed by atoms with van der Waals surface area (Å²) in [5.41, 5.74) is 5.99. The first-order valence-electron chi connectivity index (χ1n) is 12.5. The Morgan fingerprint density at radius 1 is 1.00 bits per heavy atom. The van der Waals surface area contributed by atoms with Crippen LogP contribution in [0.4, 0.5) is 0 Å². The van der Waals surface area contributed by atoms with Gasteiger partial charge in [-0.2, -0.15) is 11.8 Å². The van der Waals surface area contributed by atoms with Crippen LogP contribution in [0.25, 0.3) is 0 Å². The fourth-order valence-electron chi connectivity index (χ4n) is 3.69. The zero-order valence-electron chi connectivity index (χ0n) is 20.0. The molecule has 182 valence electrons. The molecule has 1 amide bonds. The van der Waals surface area contributed by atoms with Crippen LogP contribution in [-0.2, 0) is 14.3 Å². The van der Waals surface area contributed by atoms with Crippen LogP contribution in [0.3, 0.4) is 0 Å². The Hall–Kier alpha value is -0.790. The maximum atomic E-state index is 12.1. The predicted molar refractivity (Wildman–Crippen MR) is 131 cm³/mol. The van der Waals surface area contributed by atoms with E-state index in [9.17, 15) is 9.59 Å². The number of thioether (sulfide) groups is 1. The monoisotopic (exact) mass is 457 g/mol. The van der Waals surface area contributed by atoms with Gasteiger partial charge in [0.25, 0.3) is 0 Å². The standard InChI is InChI=1S/C24H47N3O3S/c1-21(2)11-7-4-3-5-10-18-30-23(28)13-20-31-19-12-22(25)24(29)26-14-17-27-15-8-6-9-16-27/h21-22H,3-20,25H2,1-2H3,(H,26,29). The molecular weight excluding hydrogens is 410 g/mol. The largest absolute Gasteiger partial charge is 0.466 e. The third kappa shape index (κ3) is 16.5. The number of hydrogen-bond donors (Lipinski definition) is 2. The van der Waals surface area contributed by atoms with Gasteiger partial charge in [0, 0.05) is 18.8 Å². The van der Waals surface area contributed by atoms with Gasteiger partial charge in [-0.05, 0) is 50.4 Å². The number of carbonyl (C=O) groups excluding carboxylic acids is 2. The highest BCUT2D eigenvalue weighted by Crippen LogP contribution is 2.11. The molecule has 0 aromatic rings. The van der Waals surface area contributed by atoms with Gasteiger partial charge in [0.2, 0.25) is 5.91 Å². The lowest BCUT2D eigenvalue weighted by atomic mass is 10.0. The predicted octanol–water partition coefficient (Wildman–Crippen LogP) is 3.97. The Kier molecular flexibility index (Phi) is 17.1. The summed E-state index contributed by atoms with van der Waals surface area (Å²) in [4.78, 5) is 26.3. The maximum absolute atomic E-state index is 12.1. The second-order valence-electron chi connectivity index (χ2n) is 9.12. The van der Waals surface area contributed by atoms with E-state index in [2.05, 4.69) is 24.1 Å². The van der Waals surface area contributed by atoms with Gasteiger partial charge >= 0.3 is 5.97 Å². The SMILES string of the molecule is CC(C)CCCCCCCOC(=O)CCSCCC(N)C(=O)NCCN1CCCCC1. The molecule has 0 saturated carbocycles. The molecule has 0 aromatic heterocycles. The van der Waals surface area contributed by atoms with E-state index in [1.165, 1.54) is 44.9 Å². The average molecular weight is 458 g/mol. The van der Waals surface area contributed by atoms with Crippen molar-refractivity contribution in [1.82, 2.24) is 10.2 Å². The number of ether oxygens (including phenoxy) is 1. The van der Waals surface area contributed by atoms with Gasteiger partial charge in [0.15, 0.2) is 0 Å². The van der Waals surface area contributed by atoms with E-state index in [0.717, 1.165) is 49.9 Å². The number of carbonyl (C=O) groups is 2. The van der Waals surface area contributed by atoms with Crippen LogP contribution < -0.4 is 11.1 Å². The lowest BCUT2D eigenvalue weighted by molar-refractivity contribution is -0.143. The van der Waals surface area contributed by atoms with Gasteiger partial charge in [0.05, 0.1) is 19.1 Å². The molecule has 1 atom stereocenters. The van der Waals surface area contributed by atoms with Gasteiger partial charge in [-0.3, -0.25) is 9.59 Å². The first-order chi connectivity index (χ1) is 15.0. The number of unbranched alkanes of at least 4 members (excludes halogenated alkanes) is 4. The Labute approximate surface area is 194 Å². The van der Waals surface area contributed by atoms with E-state index in [1.807, 2.05) is 0 Å². The number of piperidine rings is 1. The summed E-state index contributed by atoms with van der Waals surface area (Å²) in [5.74, 6) is 2.11. The highest BCUT2D eigenvalue weighted by atomic mass is 32.2. The summed E-state index contributed by atoms with van der Waals surface area (Å²) in [5, 5.41) is 2.95. The second kappa shape index (κ2) is 18.8. The summed E-state index contributed by atoms with van der Waals surface area (Å²) < 4.78 is 5.30. The molecule has 1 unspecified atom stereocenters. The number of amides is 1. The summed E-state index contributed by atoms with van der Waals surface area (Å²) in [6.07, 6.45) is 12.1. The lowest BCUT2D eigenvalue weighted by Crippen LogP contribution is -2.44. The maximum Gasteiger partial charge on any atom is 0.306 e. The van der Waals surface area contributed by atoms with Crippen molar-refractivity contribution in [2.75, 3.05) is 44.3 Å². The van der Waals surface area contributed by atoms with E-state index in [1.54, 1.807) is 11.8 Å². The van der Waals surface area contributed by atoms with Crippen molar-refractivity contribution >= 4 is 23.6 Å². The average Bonchev–Trinajstić information content (AvgIpc) is 2.75. The molecule has 1 aliphatic rings. The molecule has 0 spiro atoms.